The number of hydrogen-bond donors (Lipinski definition) is 0. The lowest BCUT2D eigenvalue weighted by Crippen LogP contribution is -2.40. The maximum Gasteiger partial charge on any atom is 0.289 e. The van der Waals surface area contributed by atoms with Crippen molar-refractivity contribution in [1.29, 1.82) is 0 Å². The summed E-state index contributed by atoms with van der Waals surface area (Å²) in [7, 11) is 0. The van der Waals surface area contributed by atoms with Crippen LogP contribution in [0.15, 0.2) is 34.7 Å². The van der Waals surface area contributed by atoms with Gasteiger partial charge >= 0.3 is 0 Å². The molecule has 0 radical (unpaired) electrons. The molecule has 2 heterocycles. The van der Waals surface area contributed by atoms with Crippen LogP contribution < -0.4 is 0 Å². The number of rotatable bonds is 2. The fraction of sp³-hybridized carbons (Fsp3) is 0.400. The van der Waals surface area contributed by atoms with Crippen molar-refractivity contribution in [1.82, 2.24) is 4.90 Å². The summed E-state index contributed by atoms with van der Waals surface area (Å²) in [5, 5.41) is 0.969. The highest BCUT2D eigenvalue weighted by Gasteiger charge is 2.25. The third-order valence-corrected chi connectivity index (χ3v) is 4.10. The monoisotopic (exact) mass is 277 g/mol. The average molecular weight is 278 g/mol. The molecule has 1 atom stereocenters. The van der Waals surface area contributed by atoms with Gasteiger partial charge in [-0.05, 0) is 30.9 Å². The summed E-state index contributed by atoms with van der Waals surface area (Å²) >= 11 is 5.90. The van der Waals surface area contributed by atoms with Crippen LogP contribution in [0.1, 0.15) is 23.4 Å². The Balaban J connectivity index is 1.82. The van der Waals surface area contributed by atoms with E-state index in [9.17, 15) is 4.79 Å². The number of furan rings is 1. The van der Waals surface area contributed by atoms with Gasteiger partial charge in [0.05, 0.1) is 0 Å². The molecule has 0 aliphatic carbocycles. The summed E-state index contributed by atoms with van der Waals surface area (Å²) in [5.74, 6) is 1.43. The Morgan fingerprint density at radius 2 is 2.26 bits per heavy atom. The number of carbonyl (C=O) groups excluding carboxylic acids is 1. The first-order chi connectivity index (χ1) is 9.28. The van der Waals surface area contributed by atoms with Crippen LogP contribution in [-0.2, 0) is 0 Å². The molecule has 3 nitrogen and oxygen atoms in total. The maximum atomic E-state index is 12.4. The second kappa shape index (κ2) is 5.25. The Morgan fingerprint density at radius 3 is 3.05 bits per heavy atom. The number of alkyl halides is 1. The number of piperidine rings is 1. The first-order valence-electron chi connectivity index (χ1n) is 6.62. The molecule has 1 aliphatic rings. The zero-order valence-corrected chi connectivity index (χ0v) is 11.4. The zero-order chi connectivity index (χ0) is 13.2. The highest BCUT2D eigenvalue weighted by atomic mass is 35.5. The van der Waals surface area contributed by atoms with E-state index in [1.165, 1.54) is 0 Å². The highest BCUT2D eigenvalue weighted by Crippen LogP contribution is 2.23. The number of para-hydroxylation sites is 1. The molecule has 2 aromatic rings. The number of benzene rings is 1. The van der Waals surface area contributed by atoms with Crippen molar-refractivity contribution in [2.24, 2.45) is 5.92 Å². The standard InChI is InChI=1S/C15H16ClNO2/c16-9-11-4-3-7-17(10-11)15(18)14-8-12-5-1-2-6-13(12)19-14/h1-2,5-6,8,11H,3-4,7,9-10H2. The first kappa shape index (κ1) is 12.5. The second-order valence-electron chi connectivity index (χ2n) is 5.06. The minimum absolute atomic E-state index is 0.0222. The van der Waals surface area contributed by atoms with E-state index in [2.05, 4.69) is 0 Å². The molecule has 19 heavy (non-hydrogen) atoms. The Hall–Kier alpha value is -1.48. The summed E-state index contributed by atoms with van der Waals surface area (Å²) in [6.45, 7) is 1.53. The van der Waals surface area contributed by atoms with Crippen molar-refractivity contribution in [3.05, 3.63) is 36.1 Å². The summed E-state index contributed by atoms with van der Waals surface area (Å²) in [6, 6.07) is 9.50. The molecule has 1 amide bonds. The molecule has 1 saturated heterocycles. The van der Waals surface area contributed by atoms with E-state index in [1.807, 2.05) is 35.2 Å². The largest absolute Gasteiger partial charge is 0.451 e. The molecule has 1 unspecified atom stereocenters. The molecule has 4 heteroatoms. The van der Waals surface area contributed by atoms with Crippen LogP contribution in [0.25, 0.3) is 11.0 Å². The third-order valence-electron chi connectivity index (χ3n) is 3.66. The van der Waals surface area contributed by atoms with Crippen molar-refractivity contribution in [3.8, 4) is 0 Å². The van der Waals surface area contributed by atoms with Gasteiger partial charge in [-0.3, -0.25) is 4.79 Å². The summed E-state index contributed by atoms with van der Waals surface area (Å²) in [4.78, 5) is 14.3. The topological polar surface area (TPSA) is 33.5 Å². The molecule has 3 rings (SSSR count). The smallest absolute Gasteiger partial charge is 0.289 e. The van der Waals surface area contributed by atoms with Crippen molar-refractivity contribution in [2.45, 2.75) is 12.8 Å². The van der Waals surface area contributed by atoms with Crippen LogP contribution in [0.5, 0.6) is 0 Å². The van der Waals surface area contributed by atoms with E-state index >= 15 is 0 Å². The molecule has 1 aromatic carbocycles. The molecule has 1 aliphatic heterocycles. The first-order valence-corrected chi connectivity index (χ1v) is 7.15. The van der Waals surface area contributed by atoms with Crippen LogP contribution >= 0.6 is 11.6 Å². The molecule has 1 aromatic heterocycles. The van der Waals surface area contributed by atoms with Crippen LogP contribution in [0, 0.1) is 5.92 Å². The Labute approximate surface area is 117 Å². The van der Waals surface area contributed by atoms with Gasteiger partial charge in [-0.15, -0.1) is 11.6 Å². The van der Waals surface area contributed by atoms with Crippen LogP contribution in [0.4, 0.5) is 0 Å². The van der Waals surface area contributed by atoms with Crippen molar-refractivity contribution >= 4 is 28.5 Å². The van der Waals surface area contributed by atoms with E-state index in [-0.39, 0.29) is 5.91 Å². The number of fused-ring (bicyclic) bond motifs is 1. The zero-order valence-electron chi connectivity index (χ0n) is 10.6. The van der Waals surface area contributed by atoms with Crippen LogP contribution in [-0.4, -0.2) is 29.8 Å². The van der Waals surface area contributed by atoms with E-state index in [0.717, 1.165) is 36.9 Å². The van der Waals surface area contributed by atoms with Gasteiger partial charge in [0.1, 0.15) is 5.58 Å². The molecule has 1 fully saturated rings. The molecular weight excluding hydrogens is 262 g/mol. The fourth-order valence-corrected chi connectivity index (χ4v) is 2.87. The van der Waals surface area contributed by atoms with Gasteiger partial charge in [-0.25, -0.2) is 0 Å². The summed E-state index contributed by atoms with van der Waals surface area (Å²) in [5.41, 5.74) is 0.761. The van der Waals surface area contributed by atoms with Gasteiger partial charge < -0.3 is 9.32 Å². The van der Waals surface area contributed by atoms with Gasteiger partial charge in [0, 0.05) is 24.4 Å². The summed E-state index contributed by atoms with van der Waals surface area (Å²) in [6.07, 6.45) is 2.12. The molecule has 0 saturated carbocycles. The predicted molar refractivity (Wildman–Crippen MR) is 75.6 cm³/mol. The van der Waals surface area contributed by atoms with Gasteiger partial charge in [0.2, 0.25) is 0 Å². The number of nitrogens with zero attached hydrogens (tertiary/aromatic N) is 1. The van der Waals surface area contributed by atoms with Crippen molar-refractivity contribution in [3.63, 3.8) is 0 Å². The number of hydrogen-bond acceptors (Lipinski definition) is 2. The lowest BCUT2D eigenvalue weighted by molar-refractivity contribution is 0.0655. The minimum Gasteiger partial charge on any atom is -0.451 e. The predicted octanol–water partition coefficient (Wildman–Crippen LogP) is 3.52. The van der Waals surface area contributed by atoms with E-state index in [1.54, 1.807) is 0 Å². The van der Waals surface area contributed by atoms with Gasteiger partial charge in [-0.2, -0.15) is 0 Å². The maximum absolute atomic E-state index is 12.4. The second-order valence-corrected chi connectivity index (χ2v) is 5.37. The van der Waals surface area contributed by atoms with E-state index in [0.29, 0.717) is 17.6 Å². The Bertz CT molecular complexity index is 560. The minimum atomic E-state index is -0.0222. The number of amides is 1. The highest BCUT2D eigenvalue weighted by molar-refractivity contribution is 6.18. The fourth-order valence-electron chi connectivity index (χ4n) is 2.62. The third kappa shape index (κ3) is 2.47. The Morgan fingerprint density at radius 1 is 1.42 bits per heavy atom. The summed E-state index contributed by atoms with van der Waals surface area (Å²) < 4.78 is 5.63. The van der Waals surface area contributed by atoms with Crippen LogP contribution in [0.3, 0.4) is 0 Å². The van der Waals surface area contributed by atoms with Crippen LogP contribution in [0.2, 0.25) is 0 Å². The van der Waals surface area contributed by atoms with Crippen molar-refractivity contribution in [2.75, 3.05) is 19.0 Å². The normalized spacial score (nSPS) is 19.8. The number of likely N-dealkylation sites (tertiary alicyclic amines) is 1. The van der Waals surface area contributed by atoms with Gasteiger partial charge in [-0.1, -0.05) is 18.2 Å². The molecule has 0 bridgehead atoms. The molecule has 0 spiro atoms. The quantitative estimate of drug-likeness (QED) is 0.787. The Kier molecular flexibility index (Phi) is 3.47. The number of halogens is 1. The van der Waals surface area contributed by atoms with Crippen molar-refractivity contribution < 1.29 is 9.21 Å². The number of carbonyl (C=O) groups is 1. The lowest BCUT2D eigenvalue weighted by Gasteiger charge is -2.31. The SMILES string of the molecule is O=C(c1cc2ccccc2o1)N1CCCC(CCl)C1. The lowest BCUT2D eigenvalue weighted by atomic mass is 10.00. The molecular formula is C15H16ClNO2. The van der Waals surface area contributed by atoms with Gasteiger partial charge in [0.15, 0.2) is 5.76 Å². The van der Waals surface area contributed by atoms with Gasteiger partial charge in [0.25, 0.3) is 5.91 Å². The average Bonchev–Trinajstić information content (AvgIpc) is 2.90. The molecule has 100 valence electrons. The molecule has 0 N–H and O–H groups in total. The van der Waals surface area contributed by atoms with E-state index in [4.69, 9.17) is 16.0 Å². The van der Waals surface area contributed by atoms with E-state index < -0.39 is 0 Å².